The van der Waals surface area contributed by atoms with Crippen LogP contribution in [0.2, 0.25) is 0 Å². The van der Waals surface area contributed by atoms with Crippen molar-refractivity contribution >= 4 is 11.6 Å². The van der Waals surface area contributed by atoms with Crippen LogP contribution in [0.4, 0.5) is 11.6 Å². The fraction of sp³-hybridized carbons (Fsp3) is 0.400. The number of rotatable bonds is 4. The summed E-state index contributed by atoms with van der Waals surface area (Å²) in [5.41, 5.74) is 2.08. The monoisotopic (exact) mass is 273 g/mol. The predicted molar refractivity (Wildman–Crippen MR) is 83.9 cm³/mol. The number of hydrogen-bond acceptors (Lipinski definition) is 5. The van der Waals surface area contributed by atoms with E-state index in [1.807, 2.05) is 52.8 Å². The Hall–Kier alpha value is -2.17. The lowest BCUT2D eigenvalue weighted by atomic mass is 10.2. The quantitative estimate of drug-likeness (QED) is 0.837. The second kappa shape index (κ2) is 8.09. The molecule has 0 spiro atoms. The molecule has 0 aromatic carbocycles. The Morgan fingerprint density at radius 2 is 1.75 bits per heavy atom. The Labute approximate surface area is 120 Å². The van der Waals surface area contributed by atoms with Crippen molar-refractivity contribution in [1.82, 2.24) is 15.0 Å². The van der Waals surface area contributed by atoms with Crippen molar-refractivity contribution in [1.29, 1.82) is 0 Å². The van der Waals surface area contributed by atoms with Gasteiger partial charge in [0.2, 0.25) is 0 Å². The van der Waals surface area contributed by atoms with E-state index >= 15 is 0 Å². The average molecular weight is 273 g/mol. The Morgan fingerprint density at radius 1 is 1.00 bits per heavy atom. The highest BCUT2D eigenvalue weighted by atomic mass is 15.1. The number of nitrogens with one attached hydrogen (secondary N) is 2. The fourth-order valence-electron chi connectivity index (χ4n) is 1.63. The molecule has 0 amide bonds. The van der Waals surface area contributed by atoms with Crippen molar-refractivity contribution in [2.24, 2.45) is 0 Å². The van der Waals surface area contributed by atoms with E-state index in [0.29, 0.717) is 6.67 Å². The number of pyridine rings is 1. The lowest BCUT2D eigenvalue weighted by molar-refractivity contribution is 0.976. The van der Waals surface area contributed by atoms with Gasteiger partial charge in [-0.3, -0.25) is 0 Å². The molecule has 5 nitrogen and oxygen atoms in total. The highest BCUT2D eigenvalue weighted by Crippen LogP contribution is 2.14. The molecule has 0 bridgehead atoms. The molecule has 108 valence electrons. The van der Waals surface area contributed by atoms with Gasteiger partial charge in [0.25, 0.3) is 0 Å². The van der Waals surface area contributed by atoms with Crippen LogP contribution in [0.5, 0.6) is 0 Å². The second-order valence-electron chi connectivity index (χ2n) is 4.08. The van der Waals surface area contributed by atoms with E-state index in [1.54, 1.807) is 6.20 Å². The number of aromatic nitrogens is 3. The molecule has 2 aromatic heterocycles. The maximum atomic E-state index is 4.38. The summed E-state index contributed by atoms with van der Waals surface area (Å²) in [5, 5.41) is 6.42. The molecule has 0 unspecified atom stereocenters. The molecule has 0 saturated heterocycles. The molecule has 2 rings (SSSR count). The molecule has 2 heterocycles. The molecule has 0 radical (unpaired) electrons. The van der Waals surface area contributed by atoms with Gasteiger partial charge in [0.1, 0.15) is 17.5 Å². The van der Waals surface area contributed by atoms with Crippen LogP contribution in [0.15, 0.2) is 24.4 Å². The van der Waals surface area contributed by atoms with E-state index in [1.165, 1.54) is 0 Å². The van der Waals surface area contributed by atoms with E-state index in [-0.39, 0.29) is 0 Å². The minimum atomic E-state index is 0.577. The van der Waals surface area contributed by atoms with Crippen molar-refractivity contribution in [3.8, 4) is 0 Å². The first-order valence-corrected chi connectivity index (χ1v) is 6.87. The van der Waals surface area contributed by atoms with Gasteiger partial charge in [-0.1, -0.05) is 19.9 Å². The molecule has 2 aromatic rings. The summed E-state index contributed by atoms with van der Waals surface area (Å²) < 4.78 is 0. The van der Waals surface area contributed by atoms with Crippen LogP contribution >= 0.6 is 0 Å². The topological polar surface area (TPSA) is 62.7 Å². The van der Waals surface area contributed by atoms with Crippen LogP contribution < -0.4 is 10.6 Å². The molecule has 2 N–H and O–H groups in total. The Kier molecular flexibility index (Phi) is 6.43. The molecular formula is C15H23N5. The standard InChI is InChI=1S/C13H17N5.C2H6/c1-9-10(2)17-11(3)18-13(9)16-8-15-12-6-4-5-7-14-12;1-2/h4-7H,8H2,1-3H3,(H,14,15)(H,16,17,18);1-2H3. The molecule has 0 aliphatic carbocycles. The van der Waals surface area contributed by atoms with Gasteiger partial charge < -0.3 is 10.6 Å². The summed E-state index contributed by atoms with van der Waals surface area (Å²) in [6.07, 6.45) is 1.76. The number of aryl methyl sites for hydroxylation is 2. The molecule has 0 fully saturated rings. The van der Waals surface area contributed by atoms with Gasteiger partial charge in [-0.2, -0.15) is 0 Å². The molecule has 20 heavy (non-hydrogen) atoms. The van der Waals surface area contributed by atoms with Gasteiger partial charge >= 0.3 is 0 Å². The van der Waals surface area contributed by atoms with Gasteiger partial charge in [-0.25, -0.2) is 15.0 Å². The van der Waals surface area contributed by atoms with E-state index in [4.69, 9.17) is 0 Å². The van der Waals surface area contributed by atoms with Crippen molar-refractivity contribution < 1.29 is 0 Å². The van der Waals surface area contributed by atoms with Gasteiger partial charge in [0, 0.05) is 17.5 Å². The van der Waals surface area contributed by atoms with Gasteiger partial charge in [0.15, 0.2) is 0 Å². The van der Waals surface area contributed by atoms with Crippen molar-refractivity contribution in [2.45, 2.75) is 34.6 Å². The molecule has 0 saturated carbocycles. The van der Waals surface area contributed by atoms with Gasteiger partial charge in [-0.15, -0.1) is 0 Å². The zero-order chi connectivity index (χ0) is 15.0. The first kappa shape index (κ1) is 15.9. The maximum absolute atomic E-state index is 4.38. The normalized spacial score (nSPS) is 9.45. The van der Waals surface area contributed by atoms with Crippen LogP contribution in [0, 0.1) is 20.8 Å². The van der Waals surface area contributed by atoms with Crippen LogP contribution in [0.25, 0.3) is 0 Å². The van der Waals surface area contributed by atoms with Crippen molar-refractivity contribution in [3.63, 3.8) is 0 Å². The lowest BCUT2D eigenvalue weighted by Crippen LogP contribution is -2.15. The van der Waals surface area contributed by atoms with E-state index in [0.717, 1.165) is 28.7 Å². The maximum Gasteiger partial charge on any atom is 0.134 e. The van der Waals surface area contributed by atoms with Gasteiger partial charge in [-0.05, 0) is 32.9 Å². The first-order valence-electron chi connectivity index (χ1n) is 6.87. The Bertz CT molecular complexity index is 525. The van der Waals surface area contributed by atoms with Crippen molar-refractivity contribution in [2.75, 3.05) is 17.3 Å². The minimum absolute atomic E-state index is 0.577. The third kappa shape index (κ3) is 4.50. The van der Waals surface area contributed by atoms with Crippen LogP contribution in [-0.4, -0.2) is 21.6 Å². The SMILES string of the molecule is CC.Cc1nc(C)c(C)c(NCNc2ccccn2)n1. The zero-order valence-corrected chi connectivity index (χ0v) is 12.9. The zero-order valence-electron chi connectivity index (χ0n) is 12.9. The van der Waals surface area contributed by atoms with Gasteiger partial charge in [0.05, 0.1) is 6.67 Å². The molecule has 5 heteroatoms. The summed E-state index contributed by atoms with van der Waals surface area (Å²) in [4.78, 5) is 12.9. The van der Waals surface area contributed by atoms with E-state index < -0.39 is 0 Å². The third-order valence-corrected chi connectivity index (χ3v) is 2.69. The third-order valence-electron chi connectivity index (χ3n) is 2.69. The molecular weight excluding hydrogens is 250 g/mol. The summed E-state index contributed by atoms with van der Waals surface area (Å²) in [6, 6.07) is 5.75. The summed E-state index contributed by atoms with van der Waals surface area (Å²) in [6.45, 7) is 10.5. The second-order valence-corrected chi connectivity index (χ2v) is 4.08. The minimum Gasteiger partial charge on any atom is -0.353 e. The average Bonchev–Trinajstić information content (AvgIpc) is 2.47. The first-order chi connectivity index (χ1) is 9.66. The molecule has 0 aliphatic heterocycles. The summed E-state index contributed by atoms with van der Waals surface area (Å²) >= 11 is 0. The van der Waals surface area contributed by atoms with E-state index in [9.17, 15) is 0 Å². The number of hydrogen-bond donors (Lipinski definition) is 2. The summed E-state index contributed by atoms with van der Waals surface area (Å²) in [7, 11) is 0. The molecule has 0 aliphatic rings. The highest BCUT2D eigenvalue weighted by Gasteiger charge is 2.04. The molecule has 0 atom stereocenters. The highest BCUT2D eigenvalue weighted by molar-refractivity contribution is 5.46. The van der Waals surface area contributed by atoms with Crippen LogP contribution in [0.1, 0.15) is 30.9 Å². The van der Waals surface area contributed by atoms with E-state index in [2.05, 4.69) is 25.6 Å². The van der Waals surface area contributed by atoms with Crippen LogP contribution in [0.3, 0.4) is 0 Å². The predicted octanol–water partition coefficient (Wildman–Crippen LogP) is 3.30. The largest absolute Gasteiger partial charge is 0.353 e. The Morgan fingerprint density at radius 3 is 2.40 bits per heavy atom. The smallest absolute Gasteiger partial charge is 0.134 e. The fourth-order valence-corrected chi connectivity index (χ4v) is 1.63. The van der Waals surface area contributed by atoms with Crippen LogP contribution in [-0.2, 0) is 0 Å². The number of anilines is 2. The number of nitrogens with zero attached hydrogens (tertiary/aromatic N) is 3. The Balaban J connectivity index is 0.000000956. The van der Waals surface area contributed by atoms with Crippen molar-refractivity contribution in [3.05, 3.63) is 41.5 Å². The summed E-state index contributed by atoms with van der Waals surface area (Å²) in [5.74, 6) is 2.48. The lowest BCUT2D eigenvalue weighted by Gasteiger charge is -2.12.